The molecule has 0 radical (unpaired) electrons. The van der Waals surface area contributed by atoms with E-state index in [1.807, 2.05) is 0 Å². The van der Waals surface area contributed by atoms with Crippen LogP contribution in [0.15, 0.2) is 23.0 Å². The number of hydrogen-bond acceptors (Lipinski definition) is 1. The zero-order valence-corrected chi connectivity index (χ0v) is 7.41. The van der Waals surface area contributed by atoms with E-state index in [1.54, 1.807) is 0 Å². The van der Waals surface area contributed by atoms with Crippen molar-refractivity contribution in [2.24, 2.45) is 5.73 Å². The van der Waals surface area contributed by atoms with Crippen LogP contribution in [-0.4, -0.2) is 4.45 Å². The van der Waals surface area contributed by atoms with Crippen molar-refractivity contribution in [2.75, 3.05) is 0 Å². The third-order valence-electron chi connectivity index (χ3n) is 1.11. The Kier molecular flexibility index (Phi) is 2.18. The van der Waals surface area contributed by atoms with Crippen molar-refractivity contribution in [3.8, 4) is 0 Å². The molecule has 1 rings (SSSR count). The van der Waals surface area contributed by atoms with Gasteiger partial charge in [0.1, 0.15) is 5.83 Å². The monoisotopic (exact) mass is 225 g/mol. The molecule has 1 atom stereocenters. The molecule has 10 heavy (non-hydrogen) atoms. The normalized spacial score (nSPS) is 33.2. The van der Waals surface area contributed by atoms with Crippen LogP contribution in [0.4, 0.5) is 4.39 Å². The molecule has 0 saturated heterocycles. The van der Waals surface area contributed by atoms with Crippen LogP contribution in [0.3, 0.4) is 0 Å². The van der Waals surface area contributed by atoms with Gasteiger partial charge in [-0.3, -0.25) is 0 Å². The molecule has 0 bridgehead atoms. The van der Waals surface area contributed by atoms with E-state index in [2.05, 4.69) is 15.9 Å². The first-order valence-electron chi connectivity index (χ1n) is 2.72. The molecule has 4 heteroatoms. The Morgan fingerprint density at radius 2 is 2.40 bits per heavy atom. The summed E-state index contributed by atoms with van der Waals surface area (Å²) in [4.78, 5) is 0. The summed E-state index contributed by atoms with van der Waals surface area (Å²) in [7, 11) is 0. The van der Waals surface area contributed by atoms with Crippen LogP contribution in [-0.2, 0) is 0 Å². The Hall–Kier alpha value is 0.140. The minimum absolute atomic E-state index is 0.393. The van der Waals surface area contributed by atoms with Gasteiger partial charge in [0.05, 0.1) is 4.45 Å². The van der Waals surface area contributed by atoms with E-state index < -0.39 is 10.3 Å². The van der Waals surface area contributed by atoms with Gasteiger partial charge in [-0.15, -0.1) is 0 Å². The number of rotatable bonds is 0. The van der Waals surface area contributed by atoms with Gasteiger partial charge < -0.3 is 5.73 Å². The second-order valence-corrected chi connectivity index (χ2v) is 4.19. The van der Waals surface area contributed by atoms with E-state index in [0.29, 0.717) is 11.5 Å². The van der Waals surface area contributed by atoms with E-state index in [0.717, 1.165) is 0 Å². The van der Waals surface area contributed by atoms with Crippen molar-refractivity contribution in [3.05, 3.63) is 23.0 Å². The Morgan fingerprint density at radius 3 is 2.80 bits per heavy atom. The van der Waals surface area contributed by atoms with Gasteiger partial charge in [-0.1, -0.05) is 27.5 Å². The lowest BCUT2D eigenvalue weighted by molar-refractivity contribution is 0.625. The maximum absolute atomic E-state index is 12.5. The molecule has 0 saturated carbocycles. The Bertz CT molecular complexity index is 210. The van der Waals surface area contributed by atoms with Crippen molar-refractivity contribution in [1.82, 2.24) is 0 Å². The highest BCUT2D eigenvalue weighted by Crippen LogP contribution is 2.31. The minimum atomic E-state index is -0.803. The van der Waals surface area contributed by atoms with E-state index in [9.17, 15) is 4.39 Å². The topological polar surface area (TPSA) is 26.0 Å². The second kappa shape index (κ2) is 2.64. The molecule has 0 fully saturated rings. The van der Waals surface area contributed by atoms with Crippen LogP contribution in [0.2, 0.25) is 0 Å². The van der Waals surface area contributed by atoms with Crippen molar-refractivity contribution < 1.29 is 4.39 Å². The van der Waals surface area contributed by atoms with Crippen LogP contribution >= 0.6 is 27.5 Å². The lowest BCUT2D eigenvalue weighted by Gasteiger charge is -2.20. The Balaban J connectivity index is 2.88. The standard InChI is InChI=1S/C6H6BrClFN/c7-6(10)2-4(8)1-5(9)3-6/h1,3H,2,10H2. The second-order valence-electron chi connectivity index (χ2n) is 2.22. The minimum Gasteiger partial charge on any atom is -0.313 e. The first kappa shape index (κ1) is 8.24. The fourth-order valence-corrected chi connectivity index (χ4v) is 1.79. The molecule has 1 unspecified atom stereocenters. The molecule has 0 spiro atoms. The summed E-state index contributed by atoms with van der Waals surface area (Å²) >= 11 is 8.68. The molecule has 0 aromatic rings. The third-order valence-corrected chi connectivity index (χ3v) is 1.86. The number of nitrogens with two attached hydrogens (primary N) is 1. The molecule has 2 N–H and O–H groups in total. The smallest absolute Gasteiger partial charge is 0.123 e. The van der Waals surface area contributed by atoms with Gasteiger partial charge in [0.2, 0.25) is 0 Å². The predicted octanol–water partition coefficient (Wildman–Crippen LogP) is 2.42. The fourth-order valence-electron chi connectivity index (χ4n) is 0.781. The summed E-state index contributed by atoms with van der Waals surface area (Å²) in [5, 5.41) is 0.430. The fraction of sp³-hybridized carbons (Fsp3) is 0.333. The van der Waals surface area contributed by atoms with Crippen molar-refractivity contribution in [3.63, 3.8) is 0 Å². The molecule has 1 aliphatic rings. The maximum atomic E-state index is 12.5. The van der Waals surface area contributed by atoms with Gasteiger partial charge in [0.15, 0.2) is 0 Å². The summed E-state index contributed by atoms with van der Waals surface area (Å²) in [6, 6.07) is 0. The lowest BCUT2D eigenvalue weighted by atomic mass is 10.1. The molecule has 1 aliphatic carbocycles. The number of halogens is 3. The lowest BCUT2D eigenvalue weighted by Crippen LogP contribution is -2.31. The third kappa shape index (κ3) is 2.08. The molecule has 0 aliphatic heterocycles. The summed E-state index contributed by atoms with van der Waals surface area (Å²) in [6.07, 6.45) is 2.98. The first-order valence-corrected chi connectivity index (χ1v) is 3.89. The average Bonchev–Trinajstić information content (AvgIpc) is 1.54. The quantitative estimate of drug-likeness (QED) is 0.498. The largest absolute Gasteiger partial charge is 0.313 e. The van der Waals surface area contributed by atoms with Gasteiger partial charge >= 0.3 is 0 Å². The Labute approximate surface area is 71.9 Å². The van der Waals surface area contributed by atoms with E-state index in [-0.39, 0.29) is 0 Å². The first-order chi connectivity index (χ1) is 4.49. The van der Waals surface area contributed by atoms with Gasteiger partial charge in [-0.05, 0) is 12.2 Å². The molecule has 0 heterocycles. The number of alkyl halides is 1. The van der Waals surface area contributed by atoms with Gasteiger partial charge in [0, 0.05) is 11.5 Å². The van der Waals surface area contributed by atoms with Crippen molar-refractivity contribution in [1.29, 1.82) is 0 Å². The SMILES string of the molecule is NC1(Br)C=C(F)C=C(Cl)C1. The molecule has 1 nitrogen and oxygen atoms in total. The van der Waals surface area contributed by atoms with E-state index >= 15 is 0 Å². The molecule has 0 aromatic carbocycles. The van der Waals surface area contributed by atoms with Gasteiger partial charge in [-0.2, -0.15) is 0 Å². The highest BCUT2D eigenvalue weighted by Gasteiger charge is 2.23. The van der Waals surface area contributed by atoms with Crippen LogP contribution in [0.25, 0.3) is 0 Å². The van der Waals surface area contributed by atoms with E-state index in [1.165, 1.54) is 12.2 Å². The van der Waals surface area contributed by atoms with Crippen LogP contribution < -0.4 is 5.73 Å². The molecular formula is C6H6BrClFN. The van der Waals surface area contributed by atoms with Crippen molar-refractivity contribution >= 4 is 27.5 Å². The summed E-state index contributed by atoms with van der Waals surface area (Å²) in [5.74, 6) is -0.393. The molecule has 0 amide bonds. The van der Waals surface area contributed by atoms with Crippen LogP contribution in [0.1, 0.15) is 6.42 Å². The average molecular weight is 226 g/mol. The summed E-state index contributed by atoms with van der Waals surface area (Å²) in [6.45, 7) is 0. The summed E-state index contributed by atoms with van der Waals surface area (Å²) in [5.41, 5.74) is 5.53. The highest BCUT2D eigenvalue weighted by molar-refractivity contribution is 9.10. The predicted molar refractivity (Wildman–Crippen MR) is 43.6 cm³/mol. The number of allylic oxidation sites excluding steroid dienone is 2. The van der Waals surface area contributed by atoms with Crippen LogP contribution in [0.5, 0.6) is 0 Å². The number of hydrogen-bond donors (Lipinski definition) is 1. The summed E-state index contributed by atoms with van der Waals surface area (Å²) < 4.78 is 11.7. The Morgan fingerprint density at radius 1 is 1.80 bits per heavy atom. The van der Waals surface area contributed by atoms with Gasteiger partial charge in [0.25, 0.3) is 0 Å². The van der Waals surface area contributed by atoms with Gasteiger partial charge in [-0.25, -0.2) is 4.39 Å². The zero-order chi connectivity index (χ0) is 7.78. The van der Waals surface area contributed by atoms with Crippen LogP contribution in [0, 0.1) is 0 Å². The van der Waals surface area contributed by atoms with Crippen molar-refractivity contribution in [2.45, 2.75) is 10.9 Å². The molecule has 56 valence electrons. The van der Waals surface area contributed by atoms with E-state index in [4.69, 9.17) is 17.3 Å². The zero-order valence-electron chi connectivity index (χ0n) is 5.07. The molecular weight excluding hydrogens is 220 g/mol. The molecule has 0 aromatic heterocycles. The highest BCUT2D eigenvalue weighted by atomic mass is 79.9. The maximum Gasteiger partial charge on any atom is 0.123 e.